The largest absolute Gasteiger partial charge is 0.360 e. The van der Waals surface area contributed by atoms with E-state index < -0.39 is 0 Å². The second kappa shape index (κ2) is 5.35. The SMILES string of the molecule is O=C(C=Cc1ccccc1)c1c[nH]c2cc(Cl)ccc12. The van der Waals surface area contributed by atoms with Crippen molar-refractivity contribution in [3.8, 4) is 0 Å². The number of ketones is 1. The molecule has 20 heavy (non-hydrogen) atoms. The Morgan fingerprint density at radius 3 is 2.70 bits per heavy atom. The molecule has 0 bridgehead atoms. The van der Waals surface area contributed by atoms with Gasteiger partial charge in [0.25, 0.3) is 0 Å². The minimum atomic E-state index is -0.0255. The van der Waals surface area contributed by atoms with E-state index in [0.717, 1.165) is 16.5 Å². The number of H-pyrrole nitrogens is 1. The van der Waals surface area contributed by atoms with Gasteiger partial charge in [0.1, 0.15) is 0 Å². The second-order valence-corrected chi connectivity index (χ2v) is 4.94. The molecule has 98 valence electrons. The quantitative estimate of drug-likeness (QED) is 0.547. The van der Waals surface area contributed by atoms with Crippen LogP contribution in [0.15, 0.2) is 60.8 Å². The standard InChI is InChI=1S/C17H12ClNO/c18-13-7-8-14-15(11-19-16(14)10-13)17(20)9-6-12-4-2-1-3-5-12/h1-11,19H. The van der Waals surface area contributed by atoms with Crippen molar-refractivity contribution in [2.45, 2.75) is 0 Å². The maximum absolute atomic E-state index is 12.2. The number of allylic oxidation sites excluding steroid dienone is 1. The van der Waals surface area contributed by atoms with Crippen LogP contribution in [0.2, 0.25) is 5.02 Å². The first-order chi connectivity index (χ1) is 9.74. The molecule has 2 aromatic carbocycles. The zero-order valence-corrected chi connectivity index (χ0v) is 11.4. The van der Waals surface area contributed by atoms with Gasteiger partial charge >= 0.3 is 0 Å². The van der Waals surface area contributed by atoms with Crippen molar-refractivity contribution in [2.24, 2.45) is 0 Å². The first-order valence-electron chi connectivity index (χ1n) is 6.28. The molecule has 0 aliphatic carbocycles. The smallest absolute Gasteiger partial charge is 0.187 e. The van der Waals surface area contributed by atoms with Crippen molar-refractivity contribution in [3.63, 3.8) is 0 Å². The summed E-state index contributed by atoms with van der Waals surface area (Å²) in [4.78, 5) is 15.3. The molecule has 2 nitrogen and oxygen atoms in total. The molecule has 3 aromatic rings. The van der Waals surface area contributed by atoms with Crippen LogP contribution in [0, 0.1) is 0 Å². The van der Waals surface area contributed by atoms with Crippen LogP contribution >= 0.6 is 11.6 Å². The van der Waals surface area contributed by atoms with Gasteiger partial charge < -0.3 is 4.98 Å². The highest BCUT2D eigenvalue weighted by Crippen LogP contribution is 2.22. The number of fused-ring (bicyclic) bond motifs is 1. The summed E-state index contributed by atoms with van der Waals surface area (Å²) in [5.41, 5.74) is 2.53. The fourth-order valence-corrected chi connectivity index (χ4v) is 2.30. The first-order valence-corrected chi connectivity index (χ1v) is 6.66. The Labute approximate surface area is 121 Å². The third-order valence-corrected chi connectivity index (χ3v) is 3.37. The highest BCUT2D eigenvalue weighted by atomic mass is 35.5. The molecule has 3 heteroatoms. The predicted octanol–water partition coefficient (Wildman–Crippen LogP) is 4.72. The number of rotatable bonds is 3. The number of nitrogens with one attached hydrogen (secondary N) is 1. The average Bonchev–Trinajstić information content (AvgIpc) is 2.89. The van der Waals surface area contributed by atoms with Crippen molar-refractivity contribution < 1.29 is 4.79 Å². The van der Waals surface area contributed by atoms with Crippen molar-refractivity contribution in [1.29, 1.82) is 0 Å². The third kappa shape index (κ3) is 2.51. The number of hydrogen-bond donors (Lipinski definition) is 1. The van der Waals surface area contributed by atoms with Gasteiger partial charge in [-0.15, -0.1) is 0 Å². The maximum Gasteiger partial charge on any atom is 0.187 e. The highest BCUT2D eigenvalue weighted by Gasteiger charge is 2.09. The van der Waals surface area contributed by atoms with Gasteiger partial charge in [-0.3, -0.25) is 4.79 Å². The Morgan fingerprint density at radius 2 is 1.90 bits per heavy atom. The van der Waals surface area contributed by atoms with Gasteiger partial charge in [0, 0.05) is 27.7 Å². The van der Waals surface area contributed by atoms with Gasteiger partial charge in [-0.1, -0.05) is 54.1 Å². The molecule has 1 aromatic heterocycles. The van der Waals surface area contributed by atoms with E-state index in [2.05, 4.69) is 4.98 Å². The summed E-state index contributed by atoms with van der Waals surface area (Å²) in [6, 6.07) is 15.2. The molecule has 0 saturated heterocycles. The molecule has 0 atom stereocenters. The Morgan fingerprint density at radius 1 is 1.10 bits per heavy atom. The van der Waals surface area contributed by atoms with E-state index in [0.29, 0.717) is 10.6 Å². The number of hydrogen-bond acceptors (Lipinski definition) is 1. The Balaban J connectivity index is 1.91. The van der Waals surface area contributed by atoms with Crippen LogP contribution in [0.3, 0.4) is 0 Å². The van der Waals surface area contributed by atoms with E-state index in [4.69, 9.17) is 11.6 Å². The van der Waals surface area contributed by atoms with Crippen LogP contribution in [0.4, 0.5) is 0 Å². The lowest BCUT2D eigenvalue weighted by Gasteiger charge is -1.95. The summed E-state index contributed by atoms with van der Waals surface area (Å²) in [6.07, 6.45) is 5.13. The van der Waals surface area contributed by atoms with E-state index in [9.17, 15) is 4.79 Å². The normalized spacial score (nSPS) is 11.2. The molecule has 0 unspecified atom stereocenters. The number of halogens is 1. The summed E-state index contributed by atoms with van der Waals surface area (Å²) in [5, 5.41) is 1.54. The summed E-state index contributed by atoms with van der Waals surface area (Å²) < 4.78 is 0. The van der Waals surface area contributed by atoms with E-state index in [-0.39, 0.29) is 5.78 Å². The monoisotopic (exact) mass is 281 g/mol. The zero-order valence-electron chi connectivity index (χ0n) is 10.6. The van der Waals surface area contributed by atoms with Crippen LogP contribution in [0.25, 0.3) is 17.0 Å². The van der Waals surface area contributed by atoms with Crippen molar-refractivity contribution in [3.05, 3.63) is 77.0 Å². The number of carbonyl (C=O) groups excluding carboxylic acids is 1. The van der Waals surface area contributed by atoms with Gasteiger partial charge in [-0.2, -0.15) is 0 Å². The summed E-state index contributed by atoms with van der Waals surface area (Å²) in [6.45, 7) is 0. The number of aromatic nitrogens is 1. The molecule has 0 radical (unpaired) electrons. The van der Waals surface area contributed by atoms with Gasteiger partial charge in [0.2, 0.25) is 0 Å². The molecule has 0 fully saturated rings. The van der Waals surface area contributed by atoms with Gasteiger partial charge in [-0.05, 0) is 23.8 Å². The summed E-state index contributed by atoms with van der Waals surface area (Å²) in [7, 11) is 0. The number of carbonyl (C=O) groups is 1. The fourth-order valence-electron chi connectivity index (χ4n) is 2.13. The Kier molecular flexibility index (Phi) is 3.40. The van der Waals surface area contributed by atoms with E-state index in [1.807, 2.05) is 48.5 Å². The topological polar surface area (TPSA) is 32.9 Å². The Bertz CT molecular complexity index is 787. The van der Waals surface area contributed by atoms with Crippen LogP contribution in [-0.2, 0) is 0 Å². The lowest BCUT2D eigenvalue weighted by Crippen LogP contribution is -1.91. The number of aromatic amines is 1. The molecule has 3 rings (SSSR count). The van der Waals surface area contributed by atoms with E-state index >= 15 is 0 Å². The molecular formula is C17H12ClNO. The van der Waals surface area contributed by atoms with Crippen LogP contribution in [0.5, 0.6) is 0 Å². The van der Waals surface area contributed by atoms with Gasteiger partial charge in [0.15, 0.2) is 5.78 Å². The Hall–Kier alpha value is -2.32. The lowest BCUT2D eigenvalue weighted by atomic mass is 10.1. The van der Waals surface area contributed by atoms with Crippen LogP contribution in [-0.4, -0.2) is 10.8 Å². The molecule has 0 aliphatic rings. The average molecular weight is 282 g/mol. The predicted molar refractivity (Wildman–Crippen MR) is 83.1 cm³/mol. The van der Waals surface area contributed by atoms with Gasteiger partial charge in [0.05, 0.1) is 0 Å². The fraction of sp³-hybridized carbons (Fsp3) is 0. The molecule has 0 amide bonds. The molecule has 1 heterocycles. The first kappa shape index (κ1) is 12.7. The van der Waals surface area contributed by atoms with Crippen molar-refractivity contribution in [2.75, 3.05) is 0 Å². The van der Waals surface area contributed by atoms with Crippen LogP contribution in [0.1, 0.15) is 15.9 Å². The number of benzene rings is 2. The molecule has 1 N–H and O–H groups in total. The van der Waals surface area contributed by atoms with Crippen LogP contribution < -0.4 is 0 Å². The summed E-state index contributed by atoms with van der Waals surface area (Å²) in [5.74, 6) is -0.0255. The molecular weight excluding hydrogens is 270 g/mol. The second-order valence-electron chi connectivity index (χ2n) is 4.50. The molecule has 0 spiro atoms. The minimum absolute atomic E-state index is 0.0255. The van der Waals surface area contributed by atoms with Crippen molar-refractivity contribution >= 4 is 34.4 Å². The third-order valence-electron chi connectivity index (χ3n) is 3.14. The van der Waals surface area contributed by atoms with Crippen molar-refractivity contribution in [1.82, 2.24) is 4.98 Å². The maximum atomic E-state index is 12.2. The lowest BCUT2D eigenvalue weighted by molar-refractivity contribution is 0.104. The minimum Gasteiger partial charge on any atom is -0.360 e. The van der Waals surface area contributed by atoms with E-state index in [1.54, 1.807) is 18.3 Å². The highest BCUT2D eigenvalue weighted by molar-refractivity contribution is 6.31. The summed E-state index contributed by atoms with van der Waals surface area (Å²) >= 11 is 5.93. The van der Waals surface area contributed by atoms with Gasteiger partial charge in [-0.25, -0.2) is 0 Å². The molecule has 0 saturated carbocycles. The molecule has 0 aliphatic heterocycles. The zero-order chi connectivity index (χ0) is 13.9. The van der Waals surface area contributed by atoms with E-state index in [1.165, 1.54) is 0 Å².